The van der Waals surface area contributed by atoms with Crippen molar-refractivity contribution in [1.29, 1.82) is 0 Å². The van der Waals surface area contributed by atoms with Gasteiger partial charge in [0.05, 0.1) is 19.8 Å². The summed E-state index contributed by atoms with van der Waals surface area (Å²) >= 11 is 0. The van der Waals surface area contributed by atoms with E-state index >= 15 is 0 Å². The van der Waals surface area contributed by atoms with Gasteiger partial charge < -0.3 is 14.7 Å². The van der Waals surface area contributed by atoms with Crippen molar-refractivity contribution in [2.75, 3.05) is 39.5 Å². The van der Waals surface area contributed by atoms with E-state index < -0.39 is 0 Å². The summed E-state index contributed by atoms with van der Waals surface area (Å²) in [6.07, 6.45) is 3.79. The van der Waals surface area contributed by atoms with Gasteiger partial charge in [0.2, 0.25) is 0 Å². The Morgan fingerprint density at radius 2 is 1.84 bits per heavy atom. The first-order chi connectivity index (χ1) is 9.38. The Morgan fingerprint density at radius 3 is 2.53 bits per heavy atom. The van der Waals surface area contributed by atoms with E-state index in [-0.39, 0.29) is 6.61 Å². The molecule has 3 nitrogen and oxygen atoms in total. The molecule has 1 aromatic rings. The van der Waals surface area contributed by atoms with Gasteiger partial charge in [0.1, 0.15) is 0 Å². The van der Waals surface area contributed by atoms with Gasteiger partial charge in [-0.25, -0.2) is 0 Å². The molecule has 3 heteroatoms. The molecule has 1 saturated heterocycles. The Kier molecular flexibility index (Phi) is 6.34. The minimum absolute atomic E-state index is 0.124. The zero-order chi connectivity index (χ0) is 13.3. The second-order valence-corrected chi connectivity index (χ2v) is 5.31. The van der Waals surface area contributed by atoms with Crippen molar-refractivity contribution >= 4 is 0 Å². The first-order valence-corrected chi connectivity index (χ1v) is 7.33. The summed E-state index contributed by atoms with van der Waals surface area (Å²) < 4.78 is 5.32. The van der Waals surface area contributed by atoms with Gasteiger partial charge in [0.25, 0.3) is 0 Å². The molecule has 1 aliphatic heterocycles. The van der Waals surface area contributed by atoms with Crippen molar-refractivity contribution in [1.82, 2.24) is 4.90 Å². The lowest BCUT2D eigenvalue weighted by molar-refractivity contribution is 0.0649. The summed E-state index contributed by atoms with van der Waals surface area (Å²) in [5.74, 6) is 0.831. The minimum atomic E-state index is 0.124. The summed E-state index contributed by atoms with van der Waals surface area (Å²) in [6.45, 7) is 4.69. The molecule has 0 saturated carbocycles. The van der Waals surface area contributed by atoms with Crippen molar-refractivity contribution in [3.63, 3.8) is 0 Å². The van der Waals surface area contributed by atoms with E-state index in [4.69, 9.17) is 9.84 Å². The fourth-order valence-corrected chi connectivity index (χ4v) is 2.72. The molecule has 0 aromatic heterocycles. The summed E-state index contributed by atoms with van der Waals surface area (Å²) in [5, 5.41) is 8.64. The number of piperidine rings is 1. The Balaban J connectivity index is 1.62. The monoisotopic (exact) mass is 263 g/mol. The third-order valence-corrected chi connectivity index (χ3v) is 3.86. The molecule has 1 aliphatic rings. The van der Waals surface area contributed by atoms with Gasteiger partial charge in [0.15, 0.2) is 0 Å². The quantitative estimate of drug-likeness (QED) is 0.763. The van der Waals surface area contributed by atoms with Crippen molar-refractivity contribution in [3.8, 4) is 0 Å². The van der Waals surface area contributed by atoms with E-state index in [1.807, 2.05) is 0 Å². The molecular weight excluding hydrogens is 238 g/mol. The second-order valence-electron chi connectivity index (χ2n) is 5.31. The fourth-order valence-electron chi connectivity index (χ4n) is 2.72. The van der Waals surface area contributed by atoms with Crippen molar-refractivity contribution in [2.24, 2.45) is 5.92 Å². The molecule has 19 heavy (non-hydrogen) atoms. The summed E-state index contributed by atoms with van der Waals surface area (Å²) in [7, 11) is 0. The number of rotatable bonds is 7. The molecule has 1 heterocycles. The van der Waals surface area contributed by atoms with E-state index in [2.05, 4.69) is 35.2 Å². The van der Waals surface area contributed by atoms with Crippen LogP contribution >= 0.6 is 0 Å². The average molecular weight is 263 g/mol. The van der Waals surface area contributed by atoms with Crippen LogP contribution in [0.15, 0.2) is 30.3 Å². The predicted octanol–water partition coefficient (Wildman–Crippen LogP) is 1.95. The lowest BCUT2D eigenvalue weighted by Crippen LogP contribution is -2.36. The van der Waals surface area contributed by atoms with Crippen LogP contribution in [0.5, 0.6) is 0 Å². The summed E-state index contributed by atoms with van der Waals surface area (Å²) in [4.78, 5) is 2.47. The molecule has 0 amide bonds. The van der Waals surface area contributed by atoms with Crippen LogP contribution in [0.25, 0.3) is 0 Å². The number of aliphatic hydroxyl groups excluding tert-OH is 1. The van der Waals surface area contributed by atoms with E-state index in [1.54, 1.807) is 0 Å². The maximum absolute atomic E-state index is 8.64. The van der Waals surface area contributed by atoms with Gasteiger partial charge in [-0.15, -0.1) is 0 Å². The van der Waals surface area contributed by atoms with Crippen LogP contribution in [-0.4, -0.2) is 49.5 Å². The molecule has 2 rings (SSSR count). The number of nitrogens with zero attached hydrogens (tertiary/aromatic N) is 1. The lowest BCUT2D eigenvalue weighted by Gasteiger charge is -2.31. The Bertz CT molecular complexity index is 334. The van der Waals surface area contributed by atoms with Crippen LogP contribution in [0, 0.1) is 5.92 Å². The largest absolute Gasteiger partial charge is 0.394 e. The smallest absolute Gasteiger partial charge is 0.0698 e. The second kappa shape index (κ2) is 8.31. The normalized spacial score (nSPS) is 17.7. The molecule has 106 valence electrons. The summed E-state index contributed by atoms with van der Waals surface area (Å²) in [5.41, 5.74) is 1.47. The van der Waals surface area contributed by atoms with Gasteiger partial charge in [-0.3, -0.25) is 0 Å². The third-order valence-electron chi connectivity index (χ3n) is 3.86. The van der Waals surface area contributed by atoms with Crippen LogP contribution in [0.3, 0.4) is 0 Å². The van der Waals surface area contributed by atoms with E-state index in [0.717, 1.165) is 19.1 Å². The third kappa shape index (κ3) is 5.31. The number of aliphatic hydroxyl groups is 1. The van der Waals surface area contributed by atoms with Crippen molar-refractivity contribution < 1.29 is 9.84 Å². The molecule has 0 aliphatic carbocycles. The molecular formula is C16H25NO2. The average Bonchev–Trinajstić information content (AvgIpc) is 2.46. The number of likely N-dealkylation sites (tertiary alicyclic amines) is 1. The van der Waals surface area contributed by atoms with Crippen molar-refractivity contribution in [3.05, 3.63) is 35.9 Å². The number of ether oxygens (including phenoxy) is 1. The Morgan fingerprint density at radius 1 is 1.11 bits per heavy atom. The first-order valence-electron chi connectivity index (χ1n) is 7.33. The van der Waals surface area contributed by atoms with Crippen LogP contribution in [0.4, 0.5) is 0 Å². The van der Waals surface area contributed by atoms with Crippen LogP contribution in [0.1, 0.15) is 18.4 Å². The van der Waals surface area contributed by atoms with Crippen LogP contribution in [-0.2, 0) is 11.2 Å². The van der Waals surface area contributed by atoms with Crippen LogP contribution < -0.4 is 0 Å². The van der Waals surface area contributed by atoms with Gasteiger partial charge in [0, 0.05) is 6.54 Å². The molecule has 0 atom stereocenters. The topological polar surface area (TPSA) is 32.7 Å². The maximum atomic E-state index is 8.64. The molecule has 0 bridgehead atoms. The SMILES string of the molecule is OCCOCCN1CCC(Cc2ccccc2)CC1. The van der Waals surface area contributed by atoms with Crippen LogP contribution in [0.2, 0.25) is 0 Å². The standard InChI is InChI=1S/C16H25NO2/c18-11-13-19-12-10-17-8-6-16(7-9-17)14-15-4-2-1-3-5-15/h1-5,16,18H,6-14H2. The minimum Gasteiger partial charge on any atom is -0.394 e. The zero-order valence-corrected chi connectivity index (χ0v) is 11.6. The zero-order valence-electron chi connectivity index (χ0n) is 11.6. The molecule has 0 unspecified atom stereocenters. The highest BCUT2D eigenvalue weighted by atomic mass is 16.5. The summed E-state index contributed by atoms with van der Waals surface area (Å²) in [6, 6.07) is 10.8. The number of hydrogen-bond donors (Lipinski definition) is 1. The first kappa shape index (κ1) is 14.5. The van der Waals surface area contributed by atoms with E-state index in [1.165, 1.54) is 37.9 Å². The van der Waals surface area contributed by atoms with E-state index in [9.17, 15) is 0 Å². The fraction of sp³-hybridized carbons (Fsp3) is 0.625. The van der Waals surface area contributed by atoms with E-state index in [0.29, 0.717) is 6.61 Å². The Hall–Kier alpha value is -0.900. The highest BCUT2D eigenvalue weighted by molar-refractivity contribution is 5.15. The molecule has 1 N–H and O–H groups in total. The predicted molar refractivity (Wildman–Crippen MR) is 77.2 cm³/mol. The lowest BCUT2D eigenvalue weighted by atomic mass is 9.90. The highest BCUT2D eigenvalue weighted by Gasteiger charge is 2.18. The highest BCUT2D eigenvalue weighted by Crippen LogP contribution is 2.21. The maximum Gasteiger partial charge on any atom is 0.0698 e. The van der Waals surface area contributed by atoms with Gasteiger partial charge >= 0.3 is 0 Å². The van der Waals surface area contributed by atoms with Crippen molar-refractivity contribution in [2.45, 2.75) is 19.3 Å². The van der Waals surface area contributed by atoms with Gasteiger partial charge in [-0.1, -0.05) is 30.3 Å². The Labute approximate surface area is 116 Å². The number of benzene rings is 1. The van der Waals surface area contributed by atoms with Gasteiger partial charge in [-0.05, 0) is 43.8 Å². The molecule has 1 fully saturated rings. The number of hydrogen-bond acceptors (Lipinski definition) is 3. The molecule has 1 aromatic carbocycles. The molecule has 0 spiro atoms. The molecule has 0 radical (unpaired) electrons. The van der Waals surface area contributed by atoms with Gasteiger partial charge in [-0.2, -0.15) is 0 Å².